The van der Waals surface area contributed by atoms with E-state index in [0.29, 0.717) is 18.1 Å². The van der Waals surface area contributed by atoms with Crippen LogP contribution < -0.4 is 11.3 Å². The maximum Gasteiger partial charge on any atom is 0.0617 e. The van der Waals surface area contributed by atoms with Gasteiger partial charge in [0.2, 0.25) is 0 Å². The standard InChI is InChI=1S/C16H26N2O/c1-4-16-13(8-9-19-16)15(18-17)10-14-11(2)6-5-7-12(14)3/h5-7,13,15-16,18H,4,8-10,17H2,1-3H3. The summed E-state index contributed by atoms with van der Waals surface area (Å²) < 4.78 is 5.80. The van der Waals surface area contributed by atoms with Crippen molar-refractivity contribution in [3.63, 3.8) is 0 Å². The summed E-state index contributed by atoms with van der Waals surface area (Å²) >= 11 is 0. The van der Waals surface area contributed by atoms with Gasteiger partial charge in [-0.1, -0.05) is 25.1 Å². The first-order valence-electron chi connectivity index (χ1n) is 7.30. The number of ether oxygens (including phenoxy) is 1. The Morgan fingerprint density at radius 1 is 1.37 bits per heavy atom. The number of rotatable bonds is 5. The molecule has 1 fully saturated rings. The van der Waals surface area contributed by atoms with E-state index in [1.165, 1.54) is 16.7 Å². The van der Waals surface area contributed by atoms with Gasteiger partial charge < -0.3 is 4.74 Å². The topological polar surface area (TPSA) is 47.3 Å². The third-order valence-electron chi connectivity index (χ3n) is 4.46. The molecular formula is C16H26N2O. The van der Waals surface area contributed by atoms with Crippen molar-refractivity contribution in [1.82, 2.24) is 5.43 Å². The molecule has 1 aliphatic rings. The maximum absolute atomic E-state index is 5.81. The Balaban J connectivity index is 2.15. The van der Waals surface area contributed by atoms with Crippen LogP contribution in [-0.4, -0.2) is 18.8 Å². The average molecular weight is 262 g/mol. The van der Waals surface area contributed by atoms with Crippen molar-refractivity contribution in [2.24, 2.45) is 11.8 Å². The normalized spacial score (nSPS) is 24.6. The van der Waals surface area contributed by atoms with E-state index in [0.717, 1.165) is 25.9 Å². The summed E-state index contributed by atoms with van der Waals surface area (Å²) in [5, 5.41) is 0. The van der Waals surface area contributed by atoms with Gasteiger partial charge in [-0.15, -0.1) is 0 Å². The first kappa shape index (κ1) is 14.5. The third-order valence-corrected chi connectivity index (χ3v) is 4.46. The fourth-order valence-electron chi connectivity index (χ4n) is 3.27. The number of benzene rings is 1. The van der Waals surface area contributed by atoms with E-state index in [4.69, 9.17) is 10.6 Å². The molecule has 0 saturated carbocycles. The second kappa shape index (κ2) is 6.51. The molecule has 0 radical (unpaired) electrons. The minimum Gasteiger partial charge on any atom is -0.378 e. The highest BCUT2D eigenvalue weighted by Gasteiger charge is 2.33. The van der Waals surface area contributed by atoms with Gasteiger partial charge in [0.15, 0.2) is 0 Å². The maximum atomic E-state index is 5.81. The summed E-state index contributed by atoms with van der Waals surface area (Å²) in [6.07, 6.45) is 3.51. The molecule has 3 unspecified atom stereocenters. The lowest BCUT2D eigenvalue weighted by Crippen LogP contribution is -2.45. The molecule has 3 heteroatoms. The predicted molar refractivity (Wildman–Crippen MR) is 78.9 cm³/mol. The van der Waals surface area contributed by atoms with Crippen LogP contribution in [0.1, 0.15) is 36.5 Å². The van der Waals surface area contributed by atoms with Crippen LogP contribution in [0, 0.1) is 19.8 Å². The Morgan fingerprint density at radius 2 is 2.05 bits per heavy atom. The van der Waals surface area contributed by atoms with Crippen LogP contribution in [0.4, 0.5) is 0 Å². The molecule has 106 valence electrons. The van der Waals surface area contributed by atoms with Crippen LogP contribution in [0.5, 0.6) is 0 Å². The molecule has 1 saturated heterocycles. The third kappa shape index (κ3) is 3.16. The Labute approximate surface area is 116 Å². The molecule has 0 aliphatic carbocycles. The number of aryl methyl sites for hydroxylation is 2. The second-order valence-corrected chi connectivity index (χ2v) is 5.62. The molecule has 1 aliphatic heterocycles. The predicted octanol–water partition coefficient (Wildman–Crippen LogP) is 2.49. The van der Waals surface area contributed by atoms with E-state index < -0.39 is 0 Å². The minimum absolute atomic E-state index is 0.298. The smallest absolute Gasteiger partial charge is 0.0617 e. The summed E-state index contributed by atoms with van der Waals surface area (Å²) in [5.41, 5.74) is 7.16. The quantitative estimate of drug-likeness (QED) is 0.633. The van der Waals surface area contributed by atoms with Gasteiger partial charge in [0.25, 0.3) is 0 Å². The molecule has 1 aromatic carbocycles. The highest BCUT2D eigenvalue weighted by molar-refractivity contribution is 5.34. The molecule has 1 heterocycles. The van der Waals surface area contributed by atoms with E-state index >= 15 is 0 Å². The summed E-state index contributed by atoms with van der Waals surface area (Å²) in [4.78, 5) is 0. The van der Waals surface area contributed by atoms with Gasteiger partial charge in [-0.2, -0.15) is 0 Å². The fraction of sp³-hybridized carbons (Fsp3) is 0.625. The average Bonchev–Trinajstić information content (AvgIpc) is 2.87. The van der Waals surface area contributed by atoms with Crippen LogP contribution >= 0.6 is 0 Å². The molecule has 0 aromatic heterocycles. The van der Waals surface area contributed by atoms with E-state index in [9.17, 15) is 0 Å². The molecule has 2 rings (SSSR count). The summed E-state index contributed by atoms with van der Waals surface area (Å²) in [6, 6.07) is 6.77. The van der Waals surface area contributed by atoms with Crippen molar-refractivity contribution < 1.29 is 4.74 Å². The molecule has 19 heavy (non-hydrogen) atoms. The van der Waals surface area contributed by atoms with Crippen molar-refractivity contribution in [3.8, 4) is 0 Å². The van der Waals surface area contributed by atoms with Gasteiger partial charge in [-0.05, 0) is 49.8 Å². The SMILES string of the molecule is CCC1OCCC1C(Cc1c(C)cccc1C)NN. The largest absolute Gasteiger partial charge is 0.378 e. The Hall–Kier alpha value is -0.900. The Morgan fingerprint density at radius 3 is 2.63 bits per heavy atom. The van der Waals surface area contributed by atoms with Crippen LogP contribution in [0.2, 0.25) is 0 Å². The van der Waals surface area contributed by atoms with Gasteiger partial charge in [0.05, 0.1) is 6.10 Å². The molecule has 3 atom stereocenters. The van der Waals surface area contributed by atoms with E-state index in [1.54, 1.807) is 0 Å². The number of hydrogen-bond acceptors (Lipinski definition) is 3. The molecule has 1 aromatic rings. The summed E-state index contributed by atoms with van der Waals surface area (Å²) in [5.74, 6) is 6.33. The summed E-state index contributed by atoms with van der Waals surface area (Å²) in [7, 11) is 0. The van der Waals surface area contributed by atoms with Gasteiger partial charge in [-0.3, -0.25) is 11.3 Å². The summed E-state index contributed by atoms with van der Waals surface area (Å²) in [6.45, 7) is 7.42. The monoisotopic (exact) mass is 262 g/mol. The number of hydrazine groups is 1. The lowest BCUT2D eigenvalue weighted by atomic mass is 9.85. The zero-order valence-corrected chi connectivity index (χ0v) is 12.3. The molecular weight excluding hydrogens is 236 g/mol. The molecule has 3 N–H and O–H groups in total. The first-order chi connectivity index (χ1) is 9.17. The highest BCUT2D eigenvalue weighted by Crippen LogP contribution is 2.29. The van der Waals surface area contributed by atoms with Crippen molar-refractivity contribution in [3.05, 3.63) is 34.9 Å². The van der Waals surface area contributed by atoms with Crippen molar-refractivity contribution in [2.75, 3.05) is 6.61 Å². The van der Waals surface area contributed by atoms with Crippen LogP contribution in [-0.2, 0) is 11.2 Å². The van der Waals surface area contributed by atoms with Crippen LogP contribution in [0.3, 0.4) is 0 Å². The van der Waals surface area contributed by atoms with E-state index in [1.807, 2.05) is 0 Å². The Kier molecular flexibility index (Phi) is 4.97. The first-order valence-corrected chi connectivity index (χ1v) is 7.30. The van der Waals surface area contributed by atoms with Crippen molar-refractivity contribution >= 4 is 0 Å². The van der Waals surface area contributed by atoms with E-state index in [-0.39, 0.29) is 0 Å². The number of hydrogen-bond donors (Lipinski definition) is 2. The van der Waals surface area contributed by atoms with Crippen molar-refractivity contribution in [1.29, 1.82) is 0 Å². The zero-order chi connectivity index (χ0) is 13.8. The van der Waals surface area contributed by atoms with Gasteiger partial charge in [0, 0.05) is 18.6 Å². The number of nitrogens with one attached hydrogen (secondary N) is 1. The highest BCUT2D eigenvalue weighted by atomic mass is 16.5. The van der Waals surface area contributed by atoms with Crippen LogP contribution in [0.25, 0.3) is 0 Å². The van der Waals surface area contributed by atoms with Gasteiger partial charge in [-0.25, -0.2) is 0 Å². The van der Waals surface area contributed by atoms with Crippen molar-refractivity contribution in [2.45, 2.75) is 52.2 Å². The fourth-order valence-corrected chi connectivity index (χ4v) is 3.27. The zero-order valence-electron chi connectivity index (χ0n) is 12.3. The lowest BCUT2D eigenvalue weighted by molar-refractivity contribution is 0.0774. The second-order valence-electron chi connectivity index (χ2n) is 5.62. The van der Waals surface area contributed by atoms with Gasteiger partial charge >= 0.3 is 0 Å². The van der Waals surface area contributed by atoms with E-state index in [2.05, 4.69) is 44.4 Å². The van der Waals surface area contributed by atoms with Gasteiger partial charge in [0.1, 0.15) is 0 Å². The van der Waals surface area contributed by atoms with Crippen LogP contribution in [0.15, 0.2) is 18.2 Å². The Bertz CT molecular complexity index is 399. The molecule has 0 bridgehead atoms. The number of nitrogens with two attached hydrogens (primary N) is 1. The lowest BCUT2D eigenvalue weighted by Gasteiger charge is -2.27. The molecule has 0 spiro atoms. The molecule has 0 amide bonds. The molecule has 3 nitrogen and oxygen atoms in total. The minimum atomic E-state index is 0.298.